The van der Waals surface area contributed by atoms with Crippen LogP contribution in [0.4, 0.5) is 0 Å². The summed E-state index contributed by atoms with van der Waals surface area (Å²) in [6, 6.07) is 4.80. The molecule has 0 bridgehead atoms. The van der Waals surface area contributed by atoms with Gasteiger partial charge in [-0.15, -0.1) is 0 Å². The quantitative estimate of drug-likeness (QED) is 0.871. The van der Waals surface area contributed by atoms with Crippen LogP contribution in [0.5, 0.6) is 0 Å². The number of hydrogen-bond donors (Lipinski definition) is 1. The van der Waals surface area contributed by atoms with Gasteiger partial charge in [-0.1, -0.05) is 20.8 Å². The third kappa shape index (κ3) is 4.39. The lowest BCUT2D eigenvalue weighted by molar-refractivity contribution is -0.0357. The number of rotatable bonds is 3. The number of sulfonamides is 1. The summed E-state index contributed by atoms with van der Waals surface area (Å²) in [6.07, 6.45) is 0. The first-order valence-electron chi connectivity index (χ1n) is 5.08. The molecular weight excluding hydrogens is 306 g/mol. The Hall–Kier alpha value is -0.430. The maximum Gasteiger partial charge on any atom is 0.262 e. The summed E-state index contributed by atoms with van der Waals surface area (Å²) in [5.74, 6) is 0. The van der Waals surface area contributed by atoms with Gasteiger partial charge in [-0.05, 0) is 51.5 Å². The molecule has 1 N–H and O–H groups in total. The Kier molecular flexibility index (Phi) is 4.35. The van der Waals surface area contributed by atoms with E-state index in [1.165, 1.54) is 6.07 Å². The van der Waals surface area contributed by atoms with E-state index in [2.05, 4.69) is 20.8 Å². The third-order valence-electron chi connectivity index (χ3n) is 1.90. The van der Waals surface area contributed by atoms with Crippen LogP contribution in [-0.2, 0) is 14.9 Å². The van der Waals surface area contributed by atoms with Crippen molar-refractivity contribution in [3.05, 3.63) is 28.2 Å². The topological polar surface area (TPSA) is 55.4 Å². The van der Waals surface area contributed by atoms with E-state index in [1.54, 1.807) is 32.9 Å². The SMILES string of the molecule is Cc1cc(S(=O)(=O)NOC(C)(C)C)ccc1Br. The van der Waals surface area contributed by atoms with E-state index in [0.717, 1.165) is 10.0 Å². The molecule has 1 aromatic rings. The molecule has 17 heavy (non-hydrogen) atoms. The molecule has 0 heterocycles. The van der Waals surface area contributed by atoms with Gasteiger partial charge in [0.15, 0.2) is 0 Å². The van der Waals surface area contributed by atoms with Gasteiger partial charge in [0.1, 0.15) is 0 Å². The molecule has 96 valence electrons. The van der Waals surface area contributed by atoms with E-state index >= 15 is 0 Å². The normalized spacial score (nSPS) is 12.8. The monoisotopic (exact) mass is 321 g/mol. The van der Waals surface area contributed by atoms with Gasteiger partial charge in [-0.3, -0.25) is 4.84 Å². The maximum atomic E-state index is 11.9. The predicted octanol–water partition coefficient (Wildman–Crippen LogP) is 2.77. The van der Waals surface area contributed by atoms with E-state index < -0.39 is 15.6 Å². The van der Waals surface area contributed by atoms with Gasteiger partial charge in [0, 0.05) is 4.47 Å². The molecule has 0 unspecified atom stereocenters. The van der Waals surface area contributed by atoms with Crippen LogP contribution in [0, 0.1) is 6.92 Å². The Labute approximate surface area is 111 Å². The van der Waals surface area contributed by atoms with E-state index in [4.69, 9.17) is 4.84 Å². The van der Waals surface area contributed by atoms with Crippen molar-refractivity contribution in [1.29, 1.82) is 0 Å². The minimum Gasteiger partial charge on any atom is -0.281 e. The van der Waals surface area contributed by atoms with Crippen molar-refractivity contribution in [2.75, 3.05) is 0 Å². The highest BCUT2D eigenvalue weighted by atomic mass is 79.9. The predicted molar refractivity (Wildman–Crippen MR) is 70.0 cm³/mol. The fraction of sp³-hybridized carbons (Fsp3) is 0.455. The van der Waals surface area contributed by atoms with Crippen LogP contribution in [0.15, 0.2) is 27.6 Å². The molecule has 0 amide bonds. The first-order chi connectivity index (χ1) is 7.62. The largest absolute Gasteiger partial charge is 0.281 e. The van der Waals surface area contributed by atoms with Crippen molar-refractivity contribution in [1.82, 2.24) is 4.89 Å². The first-order valence-corrected chi connectivity index (χ1v) is 7.35. The molecule has 0 aromatic heterocycles. The summed E-state index contributed by atoms with van der Waals surface area (Å²) in [6.45, 7) is 7.13. The molecule has 1 aromatic carbocycles. The average Bonchev–Trinajstić information content (AvgIpc) is 2.18. The second-order valence-electron chi connectivity index (χ2n) is 4.71. The summed E-state index contributed by atoms with van der Waals surface area (Å²) in [4.78, 5) is 7.37. The van der Waals surface area contributed by atoms with E-state index in [9.17, 15) is 8.42 Å². The molecule has 0 atom stereocenters. The highest BCUT2D eigenvalue weighted by Gasteiger charge is 2.19. The van der Waals surface area contributed by atoms with Gasteiger partial charge in [0.2, 0.25) is 0 Å². The molecule has 0 aliphatic heterocycles. The smallest absolute Gasteiger partial charge is 0.262 e. The Morgan fingerprint density at radius 2 is 1.88 bits per heavy atom. The van der Waals surface area contributed by atoms with Crippen molar-refractivity contribution in [2.45, 2.75) is 38.2 Å². The zero-order chi connectivity index (χ0) is 13.3. The van der Waals surface area contributed by atoms with Crippen LogP contribution in [0.1, 0.15) is 26.3 Å². The fourth-order valence-corrected chi connectivity index (χ4v) is 2.29. The Morgan fingerprint density at radius 3 is 2.35 bits per heavy atom. The van der Waals surface area contributed by atoms with Gasteiger partial charge < -0.3 is 0 Å². The maximum absolute atomic E-state index is 11.9. The van der Waals surface area contributed by atoms with Crippen LogP contribution >= 0.6 is 15.9 Å². The van der Waals surface area contributed by atoms with Gasteiger partial charge in [0.25, 0.3) is 10.0 Å². The van der Waals surface area contributed by atoms with Crippen LogP contribution in [0.3, 0.4) is 0 Å². The van der Waals surface area contributed by atoms with Crippen LogP contribution in [0.25, 0.3) is 0 Å². The lowest BCUT2D eigenvalue weighted by Gasteiger charge is -2.19. The molecular formula is C11H16BrNO3S. The van der Waals surface area contributed by atoms with Gasteiger partial charge in [-0.2, -0.15) is 0 Å². The lowest BCUT2D eigenvalue weighted by atomic mass is 10.2. The number of benzene rings is 1. The molecule has 0 saturated carbocycles. The van der Waals surface area contributed by atoms with Crippen LogP contribution in [-0.4, -0.2) is 14.0 Å². The number of aryl methyl sites for hydroxylation is 1. The van der Waals surface area contributed by atoms with Crippen LogP contribution in [0.2, 0.25) is 0 Å². The number of nitrogens with one attached hydrogen (secondary N) is 1. The zero-order valence-electron chi connectivity index (χ0n) is 10.2. The lowest BCUT2D eigenvalue weighted by Crippen LogP contribution is -2.33. The Balaban J connectivity index is 2.94. The highest BCUT2D eigenvalue weighted by molar-refractivity contribution is 9.10. The first kappa shape index (κ1) is 14.6. The third-order valence-corrected chi connectivity index (χ3v) is 3.96. The van der Waals surface area contributed by atoms with Crippen molar-refractivity contribution in [2.24, 2.45) is 0 Å². The molecule has 0 saturated heterocycles. The van der Waals surface area contributed by atoms with Gasteiger partial charge in [-0.25, -0.2) is 8.42 Å². The Bertz CT molecular complexity index is 506. The second kappa shape index (κ2) is 5.06. The van der Waals surface area contributed by atoms with Gasteiger partial charge in [0.05, 0.1) is 10.5 Å². The highest BCUT2D eigenvalue weighted by Crippen LogP contribution is 2.20. The Morgan fingerprint density at radius 1 is 1.29 bits per heavy atom. The molecule has 0 fully saturated rings. The second-order valence-corrected chi connectivity index (χ2v) is 7.21. The standard InChI is InChI=1S/C11H16BrNO3S/c1-8-7-9(5-6-10(8)12)17(14,15)13-16-11(2,3)4/h5-7,13H,1-4H3. The summed E-state index contributed by atoms with van der Waals surface area (Å²) in [7, 11) is -3.63. The van der Waals surface area contributed by atoms with Crippen molar-refractivity contribution >= 4 is 26.0 Å². The molecule has 1 rings (SSSR count). The summed E-state index contributed by atoms with van der Waals surface area (Å²) in [5, 5.41) is 0. The van der Waals surface area contributed by atoms with Gasteiger partial charge >= 0.3 is 0 Å². The van der Waals surface area contributed by atoms with Crippen molar-refractivity contribution in [3.8, 4) is 0 Å². The summed E-state index contributed by atoms with van der Waals surface area (Å²) in [5.41, 5.74) is 0.279. The number of halogens is 1. The van der Waals surface area contributed by atoms with Crippen LogP contribution < -0.4 is 4.89 Å². The molecule has 0 aliphatic carbocycles. The van der Waals surface area contributed by atoms with Crippen molar-refractivity contribution in [3.63, 3.8) is 0 Å². The molecule has 0 spiro atoms. The molecule has 4 nitrogen and oxygen atoms in total. The molecule has 0 aliphatic rings. The van der Waals surface area contributed by atoms with Crippen molar-refractivity contribution < 1.29 is 13.3 Å². The minimum atomic E-state index is -3.63. The van der Waals surface area contributed by atoms with E-state index in [1.807, 2.05) is 6.92 Å². The van der Waals surface area contributed by atoms with E-state index in [-0.39, 0.29) is 4.90 Å². The fourth-order valence-electron chi connectivity index (χ4n) is 1.01. The minimum absolute atomic E-state index is 0.183. The number of hydrogen-bond acceptors (Lipinski definition) is 3. The van der Waals surface area contributed by atoms with E-state index in [0.29, 0.717) is 0 Å². The summed E-state index contributed by atoms with van der Waals surface area (Å²) >= 11 is 3.32. The molecule has 6 heteroatoms. The zero-order valence-corrected chi connectivity index (χ0v) is 12.6. The average molecular weight is 322 g/mol. The summed E-state index contributed by atoms with van der Waals surface area (Å²) < 4.78 is 24.7. The molecule has 0 radical (unpaired) electrons.